The van der Waals surface area contributed by atoms with Crippen LogP contribution in [0.2, 0.25) is 0 Å². The van der Waals surface area contributed by atoms with Gasteiger partial charge in [-0.2, -0.15) is 0 Å². The van der Waals surface area contributed by atoms with Crippen LogP contribution in [0.25, 0.3) is 0 Å². The van der Waals surface area contributed by atoms with Gasteiger partial charge in [-0.1, -0.05) is 54.8 Å². The predicted octanol–water partition coefficient (Wildman–Crippen LogP) is 2.32. The Hall–Kier alpha value is -2.66. The topological polar surface area (TPSA) is 62.6 Å². The van der Waals surface area contributed by atoms with Crippen LogP contribution in [-0.2, 0) is 11.3 Å². The molecule has 1 aliphatic rings. The van der Waals surface area contributed by atoms with E-state index in [-0.39, 0.29) is 17.9 Å². The van der Waals surface area contributed by atoms with Crippen molar-refractivity contribution in [2.45, 2.75) is 45.2 Å². The van der Waals surface area contributed by atoms with Crippen LogP contribution in [0.4, 0.5) is 5.69 Å². The Morgan fingerprint density at radius 3 is 2.43 bits per heavy atom. The SMILES string of the molecule is Cc1ccc(C[NH+](C)CC(=O)Nc2ccccc2C(=O)NC2CCCC2)cc1. The van der Waals surface area contributed by atoms with Gasteiger partial charge in [-0.25, -0.2) is 0 Å². The highest BCUT2D eigenvalue weighted by atomic mass is 16.2. The van der Waals surface area contributed by atoms with Gasteiger partial charge in [0.1, 0.15) is 6.54 Å². The summed E-state index contributed by atoms with van der Waals surface area (Å²) in [6.07, 6.45) is 4.40. The van der Waals surface area contributed by atoms with Crippen molar-refractivity contribution in [2.75, 3.05) is 18.9 Å². The van der Waals surface area contributed by atoms with Crippen molar-refractivity contribution in [1.82, 2.24) is 5.32 Å². The number of hydrogen-bond acceptors (Lipinski definition) is 2. The Bertz CT molecular complexity index is 811. The maximum Gasteiger partial charge on any atom is 0.279 e. The molecule has 3 rings (SSSR count). The van der Waals surface area contributed by atoms with E-state index in [9.17, 15) is 9.59 Å². The Morgan fingerprint density at radius 2 is 1.71 bits per heavy atom. The average molecular weight is 381 g/mol. The van der Waals surface area contributed by atoms with Crippen LogP contribution in [-0.4, -0.2) is 31.4 Å². The van der Waals surface area contributed by atoms with Crippen LogP contribution >= 0.6 is 0 Å². The molecule has 1 fully saturated rings. The van der Waals surface area contributed by atoms with Crippen molar-refractivity contribution in [2.24, 2.45) is 0 Å². The predicted molar refractivity (Wildman–Crippen MR) is 111 cm³/mol. The third kappa shape index (κ3) is 5.67. The minimum atomic E-state index is -0.108. The number of hydrogen-bond donors (Lipinski definition) is 3. The molecule has 0 bridgehead atoms. The Labute approximate surface area is 167 Å². The number of amides is 2. The number of benzene rings is 2. The van der Waals surface area contributed by atoms with E-state index in [4.69, 9.17) is 0 Å². The van der Waals surface area contributed by atoms with Crippen molar-refractivity contribution in [3.8, 4) is 0 Å². The van der Waals surface area contributed by atoms with Gasteiger partial charge in [-0.05, 0) is 31.9 Å². The molecule has 2 aromatic rings. The molecular weight excluding hydrogens is 350 g/mol. The van der Waals surface area contributed by atoms with E-state index >= 15 is 0 Å². The minimum Gasteiger partial charge on any atom is -0.349 e. The zero-order chi connectivity index (χ0) is 19.9. The molecule has 5 nitrogen and oxygen atoms in total. The van der Waals surface area contributed by atoms with Crippen molar-refractivity contribution < 1.29 is 14.5 Å². The maximum absolute atomic E-state index is 12.6. The van der Waals surface area contributed by atoms with Gasteiger partial charge in [0.05, 0.1) is 18.3 Å². The molecule has 2 amide bonds. The molecular formula is C23H30N3O2+. The first-order chi connectivity index (χ1) is 13.5. The van der Waals surface area contributed by atoms with Crippen LogP contribution in [0.5, 0.6) is 0 Å². The quantitative estimate of drug-likeness (QED) is 0.690. The molecule has 28 heavy (non-hydrogen) atoms. The molecule has 5 heteroatoms. The third-order valence-corrected chi connectivity index (χ3v) is 5.23. The first kappa shape index (κ1) is 20.1. The zero-order valence-corrected chi connectivity index (χ0v) is 16.8. The number of carbonyl (C=O) groups is 2. The highest BCUT2D eigenvalue weighted by molar-refractivity contribution is 6.04. The molecule has 0 saturated heterocycles. The molecule has 0 aliphatic heterocycles. The van der Waals surface area contributed by atoms with Crippen molar-refractivity contribution in [1.29, 1.82) is 0 Å². The standard InChI is InChI=1S/C23H29N3O2/c1-17-11-13-18(14-12-17)15-26(2)16-22(27)25-21-10-6-5-9-20(21)23(28)24-19-7-3-4-8-19/h5-6,9-14,19H,3-4,7-8,15-16H2,1-2H3,(H,24,28)(H,25,27)/p+1. The van der Waals surface area contributed by atoms with E-state index in [1.807, 2.05) is 19.2 Å². The fourth-order valence-corrected chi connectivity index (χ4v) is 3.71. The highest BCUT2D eigenvalue weighted by Crippen LogP contribution is 2.20. The second-order valence-corrected chi connectivity index (χ2v) is 7.84. The van der Waals surface area contributed by atoms with Gasteiger partial charge in [-0.15, -0.1) is 0 Å². The molecule has 2 aromatic carbocycles. The number of aryl methyl sites for hydroxylation is 1. The van der Waals surface area contributed by atoms with Gasteiger partial charge in [0.25, 0.3) is 11.8 Å². The summed E-state index contributed by atoms with van der Waals surface area (Å²) in [5.41, 5.74) is 3.53. The van der Waals surface area contributed by atoms with Crippen molar-refractivity contribution in [3.05, 3.63) is 65.2 Å². The lowest BCUT2D eigenvalue weighted by Crippen LogP contribution is -3.08. The van der Waals surface area contributed by atoms with E-state index in [1.165, 1.54) is 24.0 Å². The van der Waals surface area contributed by atoms with E-state index in [1.54, 1.807) is 12.1 Å². The van der Waals surface area contributed by atoms with Crippen LogP contribution in [0.1, 0.15) is 47.2 Å². The number of rotatable bonds is 7. The molecule has 1 unspecified atom stereocenters. The summed E-state index contributed by atoms with van der Waals surface area (Å²) in [5, 5.41) is 6.01. The average Bonchev–Trinajstić information content (AvgIpc) is 3.17. The summed E-state index contributed by atoms with van der Waals surface area (Å²) in [6.45, 7) is 3.18. The van der Waals surface area contributed by atoms with Crippen LogP contribution < -0.4 is 15.5 Å². The van der Waals surface area contributed by atoms with E-state index in [0.29, 0.717) is 17.8 Å². The van der Waals surface area contributed by atoms with Gasteiger partial charge in [0.2, 0.25) is 0 Å². The second kappa shape index (κ2) is 9.51. The number of nitrogens with one attached hydrogen (secondary N) is 3. The fraction of sp³-hybridized carbons (Fsp3) is 0.391. The summed E-state index contributed by atoms with van der Waals surface area (Å²) in [5.74, 6) is -0.200. The van der Waals surface area contributed by atoms with E-state index in [0.717, 1.165) is 24.3 Å². The van der Waals surface area contributed by atoms with Gasteiger partial charge in [-0.3, -0.25) is 9.59 Å². The molecule has 3 N–H and O–H groups in total. The molecule has 1 saturated carbocycles. The first-order valence-electron chi connectivity index (χ1n) is 10.1. The Balaban J connectivity index is 1.57. The maximum atomic E-state index is 12.6. The number of likely N-dealkylation sites (N-methyl/N-ethyl adjacent to an activating group) is 1. The van der Waals surface area contributed by atoms with Crippen LogP contribution in [0.3, 0.4) is 0 Å². The van der Waals surface area contributed by atoms with E-state index < -0.39 is 0 Å². The van der Waals surface area contributed by atoms with Crippen molar-refractivity contribution in [3.63, 3.8) is 0 Å². The molecule has 0 radical (unpaired) electrons. The van der Waals surface area contributed by atoms with Gasteiger partial charge in [0.15, 0.2) is 6.54 Å². The summed E-state index contributed by atoms with van der Waals surface area (Å²) in [4.78, 5) is 26.2. The largest absolute Gasteiger partial charge is 0.349 e. The first-order valence-corrected chi connectivity index (χ1v) is 10.1. The zero-order valence-electron chi connectivity index (χ0n) is 16.8. The Morgan fingerprint density at radius 1 is 1.04 bits per heavy atom. The van der Waals surface area contributed by atoms with Gasteiger partial charge < -0.3 is 15.5 Å². The lowest BCUT2D eigenvalue weighted by Gasteiger charge is -2.16. The number of quaternary nitrogens is 1. The number of para-hydroxylation sites is 1. The highest BCUT2D eigenvalue weighted by Gasteiger charge is 2.20. The van der Waals surface area contributed by atoms with Crippen LogP contribution in [0, 0.1) is 6.92 Å². The smallest absolute Gasteiger partial charge is 0.279 e. The molecule has 148 valence electrons. The summed E-state index contributed by atoms with van der Waals surface area (Å²) >= 11 is 0. The normalized spacial score (nSPS) is 15.2. The molecule has 0 aromatic heterocycles. The van der Waals surface area contributed by atoms with Crippen molar-refractivity contribution >= 4 is 17.5 Å². The van der Waals surface area contributed by atoms with E-state index in [2.05, 4.69) is 41.8 Å². The molecule has 1 aliphatic carbocycles. The molecule has 0 spiro atoms. The van der Waals surface area contributed by atoms with Gasteiger partial charge in [0, 0.05) is 11.6 Å². The fourth-order valence-electron chi connectivity index (χ4n) is 3.71. The minimum absolute atomic E-state index is 0.0919. The number of anilines is 1. The van der Waals surface area contributed by atoms with Gasteiger partial charge >= 0.3 is 0 Å². The number of carbonyl (C=O) groups excluding carboxylic acids is 2. The summed E-state index contributed by atoms with van der Waals surface area (Å²) in [7, 11) is 2.00. The monoisotopic (exact) mass is 380 g/mol. The molecule has 0 heterocycles. The lowest BCUT2D eigenvalue weighted by molar-refractivity contribution is -0.885. The summed E-state index contributed by atoms with van der Waals surface area (Å²) < 4.78 is 0. The molecule has 1 atom stereocenters. The third-order valence-electron chi connectivity index (χ3n) is 5.23. The second-order valence-electron chi connectivity index (χ2n) is 7.84. The lowest BCUT2D eigenvalue weighted by atomic mass is 10.1. The Kier molecular flexibility index (Phi) is 6.82. The summed E-state index contributed by atoms with van der Waals surface area (Å²) in [6, 6.07) is 15.8. The van der Waals surface area contributed by atoms with Crippen LogP contribution in [0.15, 0.2) is 48.5 Å².